The van der Waals surface area contributed by atoms with E-state index in [4.69, 9.17) is 0 Å². The fraction of sp³-hybridized carbons (Fsp3) is 0.400. The van der Waals surface area contributed by atoms with Gasteiger partial charge in [0.1, 0.15) is 5.70 Å². The predicted octanol–water partition coefficient (Wildman–Crippen LogP) is 2.53. The number of allylic oxidation sites excluding steroid dienone is 3. The summed E-state index contributed by atoms with van der Waals surface area (Å²) in [5.74, 6) is 0. The summed E-state index contributed by atoms with van der Waals surface area (Å²) in [6, 6.07) is 0. The van der Waals surface area contributed by atoms with Crippen LogP contribution in [0.5, 0.6) is 0 Å². The fourth-order valence-electron chi connectivity index (χ4n) is 1.49. The summed E-state index contributed by atoms with van der Waals surface area (Å²) >= 11 is 0. The van der Waals surface area contributed by atoms with Crippen molar-refractivity contribution in [3.05, 3.63) is 40.2 Å². The highest BCUT2D eigenvalue weighted by Gasteiger charge is 2.21. The number of hydrogen-bond donors (Lipinski definition) is 0. The Hall–Kier alpha value is -1.38. The quantitative estimate of drug-likeness (QED) is 0.605. The second kappa shape index (κ2) is 3.17. The van der Waals surface area contributed by atoms with E-state index in [9.17, 15) is 4.91 Å². The Morgan fingerprint density at radius 2 is 2.31 bits per heavy atom. The van der Waals surface area contributed by atoms with E-state index in [1.807, 2.05) is 30.4 Å². The number of hydrogen-bond acceptors (Lipinski definition) is 3. The van der Waals surface area contributed by atoms with E-state index in [2.05, 4.69) is 5.18 Å². The van der Waals surface area contributed by atoms with Crippen molar-refractivity contribution < 1.29 is 0 Å². The van der Waals surface area contributed by atoms with Crippen LogP contribution in [0, 0.1) is 4.91 Å². The molecule has 0 unspecified atom stereocenters. The minimum Gasteiger partial charge on any atom is -0.357 e. The molecule has 1 fully saturated rings. The molecule has 0 aromatic heterocycles. The summed E-state index contributed by atoms with van der Waals surface area (Å²) in [6.07, 6.45) is 8.93. The second-order valence-corrected chi connectivity index (χ2v) is 3.45. The third-order valence-electron chi connectivity index (χ3n) is 2.27. The van der Waals surface area contributed by atoms with Gasteiger partial charge in [0.15, 0.2) is 0 Å². The molecular weight excluding hydrogens is 164 g/mol. The molecule has 0 radical (unpaired) electrons. The molecule has 0 saturated heterocycles. The minimum atomic E-state index is 0.691. The van der Waals surface area contributed by atoms with Crippen LogP contribution in [0.15, 0.2) is 40.5 Å². The van der Waals surface area contributed by atoms with Gasteiger partial charge in [0.25, 0.3) is 0 Å². The highest BCUT2D eigenvalue weighted by Crippen LogP contribution is 2.36. The average molecular weight is 176 g/mol. The van der Waals surface area contributed by atoms with Crippen LogP contribution in [0.25, 0.3) is 0 Å². The lowest BCUT2D eigenvalue weighted by atomic mass is 10.1. The van der Waals surface area contributed by atoms with Gasteiger partial charge in [-0.25, -0.2) is 0 Å². The van der Waals surface area contributed by atoms with Crippen LogP contribution in [-0.4, -0.2) is 11.9 Å². The van der Waals surface area contributed by atoms with E-state index in [0.29, 0.717) is 5.70 Å². The summed E-state index contributed by atoms with van der Waals surface area (Å²) in [7, 11) is 1.95. The lowest BCUT2D eigenvalue weighted by Crippen LogP contribution is -2.06. The first kappa shape index (κ1) is 8.23. The highest BCUT2D eigenvalue weighted by molar-refractivity contribution is 5.41. The Morgan fingerprint density at radius 1 is 1.54 bits per heavy atom. The monoisotopic (exact) mass is 176 g/mol. The van der Waals surface area contributed by atoms with Crippen molar-refractivity contribution >= 4 is 0 Å². The molecule has 2 aliphatic rings. The topological polar surface area (TPSA) is 32.7 Å². The van der Waals surface area contributed by atoms with Crippen LogP contribution in [0.2, 0.25) is 0 Å². The van der Waals surface area contributed by atoms with Crippen molar-refractivity contribution in [2.24, 2.45) is 5.18 Å². The minimum absolute atomic E-state index is 0.691. The molecule has 0 bridgehead atoms. The van der Waals surface area contributed by atoms with Crippen LogP contribution in [0.4, 0.5) is 0 Å². The third kappa shape index (κ3) is 1.69. The first-order valence-corrected chi connectivity index (χ1v) is 4.46. The zero-order valence-corrected chi connectivity index (χ0v) is 7.66. The van der Waals surface area contributed by atoms with Gasteiger partial charge in [-0.1, -0.05) is 6.08 Å². The molecule has 1 heterocycles. The van der Waals surface area contributed by atoms with Crippen molar-refractivity contribution in [2.45, 2.75) is 19.3 Å². The van der Waals surface area contributed by atoms with Crippen molar-refractivity contribution in [3.63, 3.8) is 0 Å². The fourth-order valence-corrected chi connectivity index (χ4v) is 1.49. The number of rotatable bonds is 2. The summed E-state index contributed by atoms with van der Waals surface area (Å²) in [6.45, 7) is 0. The van der Waals surface area contributed by atoms with Gasteiger partial charge in [-0.05, 0) is 36.2 Å². The molecule has 1 aliphatic carbocycles. The lowest BCUT2D eigenvalue weighted by molar-refractivity contribution is 0.604. The molecule has 3 heteroatoms. The van der Waals surface area contributed by atoms with Gasteiger partial charge in [0.2, 0.25) is 0 Å². The maximum Gasteiger partial charge on any atom is 0.112 e. The summed E-state index contributed by atoms with van der Waals surface area (Å²) in [5.41, 5.74) is 2.95. The Labute approximate surface area is 77.4 Å². The maximum atomic E-state index is 10.6. The van der Waals surface area contributed by atoms with E-state index < -0.39 is 0 Å². The first-order chi connectivity index (χ1) is 6.31. The van der Waals surface area contributed by atoms with Gasteiger partial charge in [0.05, 0.1) is 0 Å². The first-order valence-electron chi connectivity index (χ1n) is 4.46. The maximum absolute atomic E-state index is 10.6. The van der Waals surface area contributed by atoms with Gasteiger partial charge in [-0.2, -0.15) is 0 Å². The van der Waals surface area contributed by atoms with E-state index >= 15 is 0 Å². The van der Waals surface area contributed by atoms with E-state index in [1.165, 1.54) is 5.57 Å². The van der Waals surface area contributed by atoms with Gasteiger partial charge < -0.3 is 4.90 Å². The van der Waals surface area contributed by atoms with Crippen LogP contribution in [0.1, 0.15) is 19.3 Å². The smallest absolute Gasteiger partial charge is 0.112 e. The van der Waals surface area contributed by atoms with Crippen molar-refractivity contribution in [1.29, 1.82) is 0 Å². The van der Waals surface area contributed by atoms with Crippen LogP contribution in [0.3, 0.4) is 0 Å². The van der Waals surface area contributed by atoms with E-state index in [0.717, 1.165) is 24.8 Å². The van der Waals surface area contributed by atoms with Gasteiger partial charge >= 0.3 is 0 Å². The largest absolute Gasteiger partial charge is 0.357 e. The highest BCUT2D eigenvalue weighted by atomic mass is 16.3. The Balaban J connectivity index is 2.25. The summed E-state index contributed by atoms with van der Waals surface area (Å²) in [5, 5.41) is 3.11. The standard InChI is InChI=1S/C10H12N2O/c1-12-6-2-3-9(7-12)10(11-13)8-4-5-8/h2,6-7H,3-5H2,1H3. The molecule has 0 spiro atoms. The molecule has 0 amide bonds. The summed E-state index contributed by atoms with van der Waals surface area (Å²) < 4.78 is 0. The second-order valence-electron chi connectivity index (χ2n) is 3.45. The molecule has 0 N–H and O–H groups in total. The molecular formula is C10H12N2O. The average Bonchev–Trinajstić information content (AvgIpc) is 2.90. The molecule has 68 valence electrons. The van der Waals surface area contributed by atoms with E-state index in [1.54, 1.807) is 0 Å². The summed E-state index contributed by atoms with van der Waals surface area (Å²) in [4.78, 5) is 12.6. The van der Waals surface area contributed by atoms with Crippen LogP contribution < -0.4 is 0 Å². The van der Waals surface area contributed by atoms with Crippen molar-refractivity contribution in [2.75, 3.05) is 7.05 Å². The van der Waals surface area contributed by atoms with Crippen LogP contribution in [-0.2, 0) is 0 Å². The van der Waals surface area contributed by atoms with Crippen LogP contribution >= 0.6 is 0 Å². The van der Waals surface area contributed by atoms with Gasteiger partial charge in [0, 0.05) is 18.8 Å². The van der Waals surface area contributed by atoms with Crippen molar-refractivity contribution in [1.82, 2.24) is 4.90 Å². The number of nitrogens with zero attached hydrogens (tertiary/aromatic N) is 2. The van der Waals surface area contributed by atoms with Gasteiger partial charge in [-0.3, -0.25) is 0 Å². The molecule has 0 atom stereocenters. The molecule has 3 nitrogen and oxygen atoms in total. The SMILES string of the molecule is CN1C=CCC(C(N=O)=C2CC2)=C1. The van der Waals surface area contributed by atoms with E-state index in [-0.39, 0.29) is 0 Å². The van der Waals surface area contributed by atoms with Crippen molar-refractivity contribution in [3.8, 4) is 0 Å². The zero-order chi connectivity index (χ0) is 9.26. The number of nitroso groups, excluding NO2 is 1. The molecule has 13 heavy (non-hydrogen) atoms. The Bertz CT molecular complexity index is 320. The molecule has 0 aromatic rings. The molecule has 1 saturated carbocycles. The third-order valence-corrected chi connectivity index (χ3v) is 2.27. The van der Waals surface area contributed by atoms with Gasteiger partial charge in [-0.15, -0.1) is 4.91 Å². The molecule has 0 aromatic carbocycles. The normalized spacial score (nSPS) is 19.9. The molecule has 1 aliphatic heterocycles. The Morgan fingerprint density at radius 3 is 2.85 bits per heavy atom. The molecule has 2 rings (SSSR count). The lowest BCUT2D eigenvalue weighted by Gasteiger charge is -2.15. The predicted molar refractivity (Wildman–Crippen MR) is 51.7 cm³/mol. The Kier molecular flexibility index (Phi) is 2.00. The zero-order valence-electron chi connectivity index (χ0n) is 7.66.